The van der Waals surface area contributed by atoms with Crippen molar-refractivity contribution in [3.8, 4) is 0 Å². The minimum Gasteiger partial charge on any atom is -0.477 e. The SMILES string of the molecule is CCCCCCCCCCCCCCCCc1ccc([N+](C)(C)CC(=O)O)cc1. The Bertz CT molecular complexity index is 536. The number of benzene rings is 1. The van der Waals surface area contributed by atoms with Gasteiger partial charge in [-0.05, 0) is 30.5 Å². The molecule has 0 aliphatic heterocycles. The molecule has 166 valence electrons. The number of unbranched alkanes of at least 4 members (excludes halogenated alkanes) is 13. The van der Waals surface area contributed by atoms with Crippen LogP contribution in [0.1, 0.15) is 102 Å². The Hall–Kier alpha value is -1.35. The Labute approximate surface area is 180 Å². The molecule has 0 aliphatic carbocycles. The molecule has 1 aromatic carbocycles. The van der Waals surface area contributed by atoms with Gasteiger partial charge in [-0.2, -0.15) is 0 Å². The monoisotopic (exact) mass is 404 g/mol. The van der Waals surface area contributed by atoms with Crippen LogP contribution >= 0.6 is 0 Å². The molecule has 0 spiro atoms. The fourth-order valence-electron chi connectivity index (χ4n) is 4.02. The third-order valence-electron chi connectivity index (χ3n) is 5.98. The Balaban J connectivity index is 2.01. The Morgan fingerprint density at radius 3 is 1.55 bits per heavy atom. The Kier molecular flexibility index (Phi) is 13.7. The third kappa shape index (κ3) is 12.7. The topological polar surface area (TPSA) is 37.3 Å². The zero-order valence-electron chi connectivity index (χ0n) is 19.4. The van der Waals surface area contributed by atoms with Gasteiger partial charge >= 0.3 is 5.97 Å². The van der Waals surface area contributed by atoms with Crippen molar-refractivity contribution >= 4 is 11.7 Å². The second kappa shape index (κ2) is 15.5. The van der Waals surface area contributed by atoms with Crippen LogP contribution in [0, 0.1) is 0 Å². The van der Waals surface area contributed by atoms with E-state index in [2.05, 4.69) is 31.2 Å². The molecule has 3 heteroatoms. The highest BCUT2D eigenvalue weighted by Gasteiger charge is 2.22. The maximum absolute atomic E-state index is 11.0. The van der Waals surface area contributed by atoms with E-state index in [-0.39, 0.29) is 6.54 Å². The van der Waals surface area contributed by atoms with E-state index >= 15 is 0 Å². The quantitative estimate of drug-likeness (QED) is 0.205. The first-order valence-electron chi connectivity index (χ1n) is 12.1. The normalized spacial score (nSPS) is 11.7. The van der Waals surface area contributed by atoms with Crippen LogP contribution in [0.15, 0.2) is 24.3 Å². The molecule has 0 saturated carbocycles. The van der Waals surface area contributed by atoms with E-state index in [1.54, 1.807) is 0 Å². The second-order valence-corrected chi connectivity index (χ2v) is 9.25. The standard InChI is InChI=1S/C26H45NO2/c1-4-5-6-7-8-9-10-11-12-13-14-15-16-17-18-24-19-21-25(22-20-24)27(2,3)23-26(28)29/h19-22H,4-18,23H2,1-3H3/p+1. The van der Waals surface area contributed by atoms with Gasteiger partial charge in [0.05, 0.1) is 14.1 Å². The number of aliphatic carboxylic acids is 1. The highest BCUT2D eigenvalue weighted by molar-refractivity contribution is 5.71. The van der Waals surface area contributed by atoms with Crippen LogP contribution in [0.4, 0.5) is 5.69 Å². The van der Waals surface area contributed by atoms with Crippen molar-refractivity contribution in [1.82, 2.24) is 4.48 Å². The Morgan fingerprint density at radius 2 is 1.14 bits per heavy atom. The minimum atomic E-state index is -0.763. The number of hydrogen-bond donors (Lipinski definition) is 1. The van der Waals surface area contributed by atoms with Crippen LogP contribution in [0.5, 0.6) is 0 Å². The molecule has 3 nitrogen and oxygen atoms in total. The van der Waals surface area contributed by atoms with Gasteiger partial charge in [0, 0.05) is 0 Å². The highest BCUT2D eigenvalue weighted by atomic mass is 16.4. The smallest absolute Gasteiger partial charge is 0.359 e. The maximum atomic E-state index is 11.0. The Morgan fingerprint density at radius 1 is 0.724 bits per heavy atom. The number of nitrogens with zero attached hydrogens (tertiary/aromatic N) is 1. The molecule has 1 N–H and O–H groups in total. The van der Waals surface area contributed by atoms with Crippen molar-refractivity contribution < 1.29 is 9.90 Å². The average molecular weight is 405 g/mol. The molecule has 0 atom stereocenters. The van der Waals surface area contributed by atoms with Crippen molar-refractivity contribution in [2.75, 3.05) is 20.6 Å². The van der Waals surface area contributed by atoms with Gasteiger partial charge in [-0.1, -0.05) is 103 Å². The number of hydrogen-bond acceptors (Lipinski definition) is 1. The van der Waals surface area contributed by atoms with E-state index in [1.807, 2.05) is 14.1 Å². The molecule has 0 aromatic heterocycles. The molecule has 0 heterocycles. The molecule has 1 aromatic rings. The van der Waals surface area contributed by atoms with Gasteiger partial charge < -0.3 is 5.11 Å². The first kappa shape index (κ1) is 25.7. The first-order chi connectivity index (χ1) is 14.0. The summed E-state index contributed by atoms with van der Waals surface area (Å²) in [6, 6.07) is 8.50. The predicted octanol–water partition coefficient (Wildman–Crippen LogP) is 7.36. The van der Waals surface area contributed by atoms with Crippen molar-refractivity contribution in [3.05, 3.63) is 29.8 Å². The summed E-state index contributed by atoms with van der Waals surface area (Å²) < 4.78 is 0.383. The van der Waals surface area contributed by atoms with E-state index in [9.17, 15) is 4.79 Å². The van der Waals surface area contributed by atoms with Gasteiger partial charge in [-0.25, -0.2) is 4.79 Å². The molecule has 29 heavy (non-hydrogen) atoms. The number of rotatable bonds is 18. The first-order valence-corrected chi connectivity index (χ1v) is 12.1. The molecular formula is C26H46NO2+. The fraction of sp³-hybridized carbons (Fsp3) is 0.731. The average Bonchev–Trinajstić information content (AvgIpc) is 2.67. The summed E-state index contributed by atoms with van der Waals surface area (Å²) in [7, 11) is 3.88. The summed E-state index contributed by atoms with van der Waals surface area (Å²) in [5, 5.41) is 9.04. The number of likely N-dealkylation sites (N-methyl/N-ethyl adjacent to an activating group) is 1. The van der Waals surface area contributed by atoms with Crippen LogP contribution < -0.4 is 4.48 Å². The van der Waals surface area contributed by atoms with Gasteiger partial charge in [0.2, 0.25) is 0 Å². The van der Waals surface area contributed by atoms with E-state index in [1.165, 1.54) is 95.5 Å². The van der Waals surface area contributed by atoms with Crippen molar-refractivity contribution in [2.24, 2.45) is 0 Å². The number of carboxylic acids is 1. The zero-order valence-corrected chi connectivity index (χ0v) is 19.4. The summed E-state index contributed by atoms with van der Waals surface area (Å²) in [6.07, 6.45) is 20.6. The van der Waals surface area contributed by atoms with E-state index in [0.717, 1.165) is 12.1 Å². The van der Waals surface area contributed by atoms with Crippen molar-refractivity contribution in [1.29, 1.82) is 0 Å². The van der Waals surface area contributed by atoms with Crippen LogP contribution in [0.3, 0.4) is 0 Å². The van der Waals surface area contributed by atoms with Crippen LogP contribution in [-0.4, -0.2) is 31.7 Å². The van der Waals surface area contributed by atoms with Crippen molar-refractivity contribution in [3.63, 3.8) is 0 Å². The number of aryl methyl sites for hydroxylation is 1. The molecule has 1 rings (SSSR count). The lowest BCUT2D eigenvalue weighted by Gasteiger charge is -2.27. The van der Waals surface area contributed by atoms with E-state index in [0.29, 0.717) is 4.48 Å². The number of quaternary nitrogens is 1. The molecule has 0 saturated heterocycles. The lowest BCUT2D eigenvalue weighted by molar-refractivity contribution is -0.137. The van der Waals surface area contributed by atoms with Gasteiger partial charge in [0.1, 0.15) is 5.69 Å². The van der Waals surface area contributed by atoms with Gasteiger partial charge in [-0.3, -0.25) is 4.48 Å². The molecule has 0 radical (unpaired) electrons. The molecule has 0 amide bonds. The third-order valence-corrected chi connectivity index (χ3v) is 5.98. The molecule has 0 unspecified atom stereocenters. The van der Waals surface area contributed by atoms with Crippen LogP contribution in [0.2, 0.25) is 0 Å². The summed E-state index contributed by atoms with van der Waals surface area (Å²) in [4.78, 5) is 11.0. The number of carbonyl (C=O) groups is 1. The van der Waals surface area contributed by atoms with E-state index in [4.69, 9.17) is 5.11 Å². The lowest BCUT2D eigenvalue weighted by atomic mass is 10.0. The van der Waals surface area contributed by atoms with Crippen LogP contribution in [0.25, 0.3) is 0 Å². The van der Waals surface area contributed by atoms with Crippen molar-refractivity contribution in [2.45, 2.75) is 103 Å². The molecule has 0 fully saturated rings. The van der Waals surface area contributed by atoms with Gasteiger partial charge in [0.25, 0.3) is 0 Å². The highest BCUT2D eigenvalue weighted by Crippen LogP contribution is 2.20. The molecular weight excluding hydrogens is 358 g/mol. The van der Waals surface area contributed by atoms with Gasteiger partial charge in [-0.15, -0.1) is 0 Å². The zero-order chi connectivity index (χ0) is 21.4. The predicted molar refractivity (Wildman–Crippen MR) is 127 cm³/mol. The summed E-state index contributed by atoms with van der Waals surface area (Å²) in [5.41, 5.74) is 2.42. The second-order valence-electron chi connectivity index (χ2n) is 9.25. The minimum absolute atomic E-state index is 0.109. The summed E-state index contributed by atoms with van der Waals surface area (Å²) in [6.45, 7) is 2.39. The lowest BCUT2D eigenvalue weighted by Crippen LogP contribution is -2.44. The van der Waals surface area contributed by atoms with Crippen LogP contribution in [-0.2, 0) is 11.2 Å². The maximum Gasteiger partial charge on any atom is 0.359 e. The number of carboxylic acid groups (broad SMARTS) is 1. The van der Waals surface area contributed by atoms with Gasteiger partial charge in [0.15, 0.2) is 6.54 Å². The summed E-state index contributed by atoms with van der Waals surface area (Å²) in [5.74, 6) is -0.763. The largest absolute Gasteiger partial charge is 0.477 e. The summed E-state index contributed by atoms with van der Waals surface area (Å²) >= 11 is 0. The fourth-order valence-corrected chi connectivity index (χ4v) is 4.02. The molecule has 0 aliphatic rings. The van der Waals surface area contributed by atoms with E-state index < -0.39 is 5.97 Å². The molecule has 0 bridgehead atoms.